The Morgan fingerprint density at radius 1 is 1.30 bits per heavy atom. The summed E-state index contributed by atoms with van der Waals surface area (Å²) in [5.74, 6) is 0.513. The van der Waals surface area contributed by atoms with E-state index in [0.29, 0.717) is 11.6 Å². The molecule has 1 aromatic carbocycles. The summed E-state index contributed by atoms with van der Waals surface area (Å²) in [5.41, 5.74) is 8.53. The molecule has 1 unspecified atom stereocenters. The quantitative estimate of drug-likeness (QED) is 0.872. The van der Waals surface area contributed by atoms with E-state index in [1.807, 2.05) is 25.3 Å². The molecule has 2 N–H and O–H groups in total. The first-order valence-electron chi connectivity index (χ1n) is 6.45. The van der Waals surface area contributed by atoms with E-state index in [2.05, 4.69) is 29.2 Å². The maximum absolute atomic E-state index is 11.6. The van der Waals surface area contributed by atoms with E-state index >= 15 is 0 Å². The second-order valence-corrected chi connectivity index (χ2v) is 4.84. The Bertz CT molecular complexity index is 629. The van der Waals surface area contributed by atoms with Gasteiger partial charge in [-0.25, -0.2) is 9.78 Å². The van der Waals surface area contributed by atoms with Crippen LogP contribution in [0.15, 0.2) is 24.3 Å². The van der Waals surface area contributed by atoms with E-state index in [-0.39, 0.29) is 11.7 Å². The van der Waals surface area contributed by atoms with Crippen molar-refractivity contribution < 1.29 is 9.53 Å². The molecule has 0 amide bonds. The Kier molecular flexibility index (Phi) is 3.79. The summed E-state index contributed by atoms with van der Waals surface area (Å²) in [7, 11) is 1.32. The summed E-state index contributed by atoms with van der Waals surface area (Å²) in [6.07, 6.45) is 0. The molecule has 20 heavy (non-hydrogen) atoms. The van der Waals surface area contributed by atoms with Gasteiger partial charge in [-0.15, -0.1) is 0 Å². The van der Waals surface area contributed by atoms with Crippen molar-refractivity contribution in [3.05, 3.63) is 46.9 Å². The molecule has 0 saturated heterocycles. The number of methoxy groups -OCH3 is 1. The maximum atomic E-state index is 11.6. The number of esters is 1. The number of hydrogen-bond acceptors (Lipinski definition) is 4. The molecule has 1 atom stereocenters. The van der Waals surface area contributed by atoms with Crippen LogP contribution in [0.3, 0.4) is 0 Å². The maximum Gasteiger partial charge on any atom is 0.360 e. The second kappa shape index (κ2) is 5.36. The number of nitrogen functional groups attached to an aromatic ring is 1. The van der Waals surface area contributed by atoms with Crippen molar-refractivity contribution in [2.75, 3.05) is 12.8 Å². The molecular weight excluding hydrogens is 254 g/mol. The predicted molar refractivity (Wildman–Crippen MR) is 77.7 cm³/mol. The van der Waals surface area contributed by atoms with Crippen LogP contribution in [0.1, 0.15) is 40.4 Å². The van der Waals surface area contributed by atoms with Gasteiger partial charge in [-0.2, -0.15) is 0 Å². The topological polar surface area (TPSA) is 70.1 Å². The van der Waals surface area contributed by atoms with E-state index in [1.54, 1.807) is 0 Å². The monoisotopic (exact) mass is 273 g/mol. The lowest BCUT2D eigenvalue weighted by atomic mass is 10.1. The van der Waals surface area contributed by atoms with Gasteiger partial charge in [0.05, 0.1) is 13.2 Å². The van der Waals surface area contributed by atoms with Gasteiger partial charge in [-0.1, -0.05) is 29.8 Å². The standard InChI is InChI=1S/C15H19N3O2/c1-9-5-7-12(8-6-9)10(2)18-11(3)17-13(14(18)16)15(19)20-4/h5-8,10H,16H2,1-4H3. The van der Waals surface area contributed by atoms with Crippen LogP contribution >= 0.6 is 0 Å². The number of nitrogens with zero attached hydrogens (tertiary/aromatic N) is 2. The Labute approximate surface area is 118 Å². The third-order valence-electron chi connectivity index (χ3n) is 3.45. The number of imidazole rings is 1. The lowest BCUT2D eigenvalue weighted by Gasteiger charge is -2.17. The molecule has 5 nitrogen and oxygen atoms in total. The van der Waals surface area contributed by atoms with Gasteiger partial charge < -0.3 is 15.0 Å². The van der Waals surface area contributed by atoms with E-state index in [9.17, 15) is 4.79 Å². The molecule has 1 aromatic heterocycles. The van der Waals surface area contributed by atoms with Crippen LogP contribution in [0.5, 0.6) is 0 Å². The Morgan fingerprint density at radius 3 is 2.45 bits per heavy atom. The summed E-state index contributed by atoms with van der Waals surface area (Å²) in [6, 6.07) is 8.21. The van der Waals surface area contributed by atoms with Gasteiger partial charge in [0.15, 0.2) is 5.69 Å². The van der Waals surface area contributed by atoms with Crippen molar-refractivity contribution in [3.63, 3.8) is 0 Å². The molecule has 5 heteroatoms. The molecule has 1 heterocycles. The molecule has 0 bridgehead atoms. The highest BCUT2D eigenvalue weighted by molar-refractivity contribution is 5.92. The molecule has 0 spiro atoms. The first-order chi connectivity index (χ1) is 9.45. The third kappa shape index (κ3) is 2.39. The van der Waals surface area contributed by atoms with Crippen LogP contribution in [-0.4, -0.2) is 22.6 Å². The van der Waals surface area contributed by atoms with Crippen molar-refractivity contribution >= 4 is 11.8 Å². The van der Waals surface area contributed by atoms with Crippen LogP contribution in [0.25, 0.3) is 0 Å². The Morgan fingerprint density at radius 2 is 1.90 bits per heavy atom. The number of carbonyl (C=O) groups excluding carboxylic acids is 1. The molecule has 0 aliphatic rings. The van der Waals surface area contributed by atoms with Gasteiger partial charge in [0.2, 0.25) is 0 Å². The number of aromatic nitrogens is 2. The van der Waals surface area contributed by atoms with E-state index in [1.165, 1.54) is 12.7 Å². The number of rotatable bonds is 3. The van der Waals surface area contributed by atoms with Crippen LogP contribution in [0, 0.1) is 13.8 Å². The summed E-state index contributed by atoms with van der Waals surface area (Å²) in [4.78, 5) is 15.8. The van der Waals surface area contributed by atoms with E-state index < -0.39 is 5.97 Å². The zero-order valence-corrected chi connectivity index (χ0v) is 12.2. The van der Waals surface area contributed by atoms with Crippen molar-refractivity contribution in [1.82, 2.24) is 9.55 Å². The molecule has 106 valence electrons. The van der Waals surface area contributed by atoms with Gasteiger partial charge in [-0.05, 0) is 26.3 Å². The lowest BCUT2D eigenvalue weighted by molar-refractivity contribution is 0.0595. The van der Waals surface area contributed by atoms with Crippen molar-refractivity contribution in [2.24, 2.45) is 0 Å². The molecule has 0 fully saturated rings. The number of carbonyl (C=O) groups is 1. The zero-order valence-electron chi connectivity index (χ0n) is 12.2. The molecule has 0 radical (unpaired) electrons. The van der Waals surface area contributed by atoms with Gasteiger partial charge in [0.1, 0.15) is 11.6 Å². The summed E-state index contributed by atoms with van der Waals surface area (Å²) >= 11 is 0. The van der Waals surface area contributed by atoms with E-state index in [0.717, 1.165) is 5.56 Å². The average molecular weight is 273 g/mol. The Balaban J connectivity index is 2.44. The van der Waals surface area contributed by atoms with Gasteiger partial charge in [-0.3, -0.25) is 0 Å². The van der Waals surface area contributed by atoms with Crippen molar-refractivity contribution in [1.29, 1.82) is 0 Å². The number of hydrogen-bond donors (Lipinski definition) is 1. The largest absolute Gasteiger partial charge is 0.464 e. The Hall–Kier alpha value is -2.30. The van der Waals surface area contributed by atoms with Crippen LogP contribution < -0.4 is 5.73 Å². The minimum Gasteiger partial charge on any atom is -0.464 e. The number of nitrogens with two attached hydrogens (primary N) is 1. The SMILES string of the molecule is COC(=O)c1nc(C)n(C(C)c2ccc(C)cc2)c1N. The van der Waals surface area contributed by atoms with Crippen molar-refractivity contribution in [2.45, 2.75) is 26.8 Å². The van der Waals surface area contributed by atoms with Gasteiger partial charge in [0.25, 0.3) is 0 Å². The smallest absolute Gasteiger partial charge is 0.360 e. The van der Waals surface area contributed by atoms with Gasteiger partial charge >= 0.3 is 5.97 Å². The number of aryl methyl sites for hydroxylation is 2. The van der Waals surface area contributed by atoms with E-state index in [4.69, 9.17) is 10.5 Å². The molecule has 0 aliphatic heterocycles. The molecule has 2 aromatic rings. The number of ether oxygens (including phenoxy) is 1. The fourth-order valence-electron chi connectivity index (χ4n) is 2.29. The highest BCUT2D eigenvalue weighted by atomic mass is 16.5. The predicted octanol–water partition coefficient (Wildman–Crippen LogP) is 2.48. The highest BCUT2D eigenvalue weighted by Crippen LogP contribution is 2.26. The van der Waals surface area contributed by atoms with Crippen LogP contribution in [0.4, 0.5) is 5.82 Å². The normalized spacial score (nSPS) is 12.2. The van der Waals surface area contributed by atoms with Crippen LogP contribution in [0.2, 0.25) is 0 Å². The fraction of sp³-hybridized carbons (Fsp3) is 0.333. The van der Waals surface area contributed by atoms with Crippen LogP contribution in [-0.2, 0) is 4.74 Å². The van der Waals surface area contributed by atoms with Crippen molar-refractivity contribution in [3.8, 4) is 0 Å². The highest BCUT2D eigenvalue weighted by Gasteiger charge is 2.22. The molecule has 2 rings (SSSR count). The average Bonchev–Trinajstić information content (AvgIpc) is 2.73. The van der Waals surface area contributed by atoms with Gasteiger partial charge in [0, 0.05) is 0 Å². The molecule has 0 aliphatic carbocycles. The third-order valence-corrected chi connectivity index (χ3v) is 3.45. The zero-order chi connectivity index (χ0) is 14.9. The number of anilines is 1. The minimum absolute atomic E-state index is 0.00139. The molecular formula is C15H19N3O2. The summed E-state index contributed by atoms with van der Waals surface area (Å²) in [5, 5.41) is 0. The summed E-state index contributed by atoms with van der Waals surface area (Å²) in [6.45, 7) is 5.89. The fourth-order valence-corrected chi connectivity index (χ4v) is 2.29. The number of benzene rings is 1. The summed E-state index contributed by atoms with van der Waals surface area (Å²) < 4.78 is 6.54. The molecule has 0 saturated carbocycles. The second-order valence-electron chi connectivity index (χ2n) is 4.84. The minimum atomic E-state index is -0.513. The lowest BCUT2D eigenvalue weighted by Crippen LogP contribution is -2.13. The first-order valence-corrected chi connectivity index (χ1v) is 6.45. The first kappa shape index (κ1) is 14.1.